The van der Waals surface area contributed by atoms with Crippen LogP contribution in [0.2, 0.25) is 0 Å². The molecule has 1 saturated heterocycles. The molecule has 2 heterocycles. The van der Waals surface area contributed by atoms with Crippen LogP contribution in [0.4, 0.5) is 0 Å². The lowest BCUT2D eigenvalue weighted by Crippen LogP contribution is -2.14. The average Bonchev–Trinajstić information content (AvgIpc) is 2.74. The maximum atomic E-state index is 4.24. The maximum absolute atomic E-state index is 4.24. The number of hydrogen-bond donors (Lipinski definition) is 1. The molecule has 0 unspecified atom stereocenters. The maximum Gasteiger partial charge on any atom is 0.137 e. The van der Waals surface area contributed by atoms with Gasteiger partial charge < -0.3 is 9.88 Å². The van der Waals surface area contributed by atoms with Gasteiger partial charge in [-0.2, -0.15) is 0 Å². The fraction of sp³-hybridized carbons (Fsp3) is 0.800. The third-order valence-electron chi connectivity index (χ3n) is 2.96. The van der Waals surface area contributed by atoms with Gasteiger partial charge in [-0.3, -0.25) is 0 Å². The molecule has 4 heteroatoms. The number of nitrogens with zero attached hydrogens (tertiary/aromatic N) is 3. The summed E-state index contributed by atoms with van der Waals surface area (Å²) in [5.41, 5.74) is 0. The first kappa shape index (κ1) is 9.65. The second kappa shape index (κ2) is 4.09. The molecule has 1 fully saturated rings. The summed E-state index contributed by atoms with van der Waals surface area (Å²) in [4.78, 5) is 0. The fourth-order valence-corrected chi connectivity index (χ4v) is 2.12. The average molecular weight is 194 g/mol. The molecule has 1 aromatic rings. The zero-order valence-electron chi connectivity index (χ0n) is 8.90. The minimum Gasteiger partial charge on any atom is -0.317 e. The third kappa shape index (κ3) is 1.66. The molecule has 0 bridgehead atoms. The Morgan fingerprint density at radius 1 is 1.57 bits per heavy atom. The predicted molar refractivity (Wildman–Crippen MR) is 55.1 cm³/mol. The van der Waals surface area contributed by atoms with Crippen LogP contribution in [0.5, 0.6) is 0 Å². The van der Waals surface area contributed by atoms with Gasteiger partial charge in [0.15, 0.2) is 0 Å². The van der Waals surface area contributed by atoms with E-state index in [-0.39, 0.29) is 0 Å². The van der Waals surface area contributed by atoms with Crippen LogP contribution in [0, 0.1) is 5.92 Å². The number of rotatable bonds is 3. The molecular weight excluding hydrogens is 176 g/mol. The Bertz CT molecular complexity index is 294. The summed E-state index contributed by atoms with van der Waals surface area (Å²) in [6, 6.07) is 0. The molecule has 2 rings (SSSR count). The lowest BCUT2D eigenvalue weighted by atomic mass is 9.97. The highest BCUT2D eigenvalue weighted by Gasteiger charge is 2.28. The first-order valence-electron chi connectivity index (χ1n) is 5.41. The van der Waals surface area contributed by atoms with Crippen LogP contribution >= 0.6 is 0 Å². The minimum atomic E-state index is 0.545. The van der Waals surface area contributed by atoms with Gasteiger partial charge in [-0.15, -0.1) is 10.2 Å². The molecule has 1 aliphatic rings. The van der Waals surface area contributed by atoms with Gasteiger partial charge in [0, 0.05) is 19.0 Å². The van der Waals surface area contributed by atoms with E-state index in [4.69, 9.17) is 0 Å². The van der Waals surface area contributed by atoms with Crippen molar-refractivity contribution < 1.29 is 0 Å². The van der Waals surface area contributed by atoms with Crippen LogP contribution in [0.1, 0.15) is 32.0 Å². The number of hydrogen-bond acceptors (Lipinski definition) is 3. The summed E-state index contributed by atoms with van der Waals surface area (Å²) >= 11 is 0. The summed E-state index contributed by atoms with van der Waals surface area (Å²) in [6.07, 6.45) is 2.99. The van der Waals surface area contributed by atoms with E-state index in [9.17, 15) is 0 Å². The summed E-state index contributed by atoms with van der Waals surface area (Å²) in [5.74, 6) is 2.38. The Morgan fingerprint density at radius 3 is 3.07 bits per heavy atom. The van der Waals surface area contributed by atoms with Gasteiger partial charge in [0.2, 0.25) is 0 Å². The molecule has 4 nitrogen and oxygen atoms in total. The van der Waals surface area contributed by atoms with E-state index in [1.165, 1.54) is 0 Å². The molecule has 14 heavy (non-hydrogen) atoms. The van der Waals surface area contributed by atoms with Crippen LogP contribution in [0.3, 0.4) is 0 Å². The predicted octanol–water partition coefficient (Wildman–Crippen LogP) is 1.01. The van der Waals surface area contributed by atoms with E-state index < -0.39 is 0 Å². The number of aromatic nitrogens is 3. The van der Waals surface area contributed by atoms with Gasteiger partial charge in [0.05, 0.1) is 0 Å². The first-order chi connectivity index (χ1) is 6.83. The van der Waals surface area contributed by atoms with Crippen molar-refractivity contribution in [2.45, 2.75) is 32.7 Å². The van der Waals surface area contributed by atoms with E-state index in [0.717, 1.165) is 31.9 Å². The molecule has 0 radical (unpaired) electrons. The van der Waals surface area contributed by atoms with Gasteiger partial charge in [-0.25, -0.2) is 0 Å². The molecule has 0 amide bonds. The first-order valence-corrected chi connectivity index (χ1v) is 5.41. The molecule has 0 aromatic carbocycles. The van der Waals surface area contributed by atoms with E-state index in [1.807, 2.05) is 6.33 Å². The molecule has 1 aliphatic heterocycles. The van der Waals surface area contributed by atoms with Crippen molar-refractivity contribution in [3.8, 4) is 0 Å². The normalized spacial score (nSPS) is 27.0. The Kier molecular flexibility index (Phi) is 2.82. The SMILES string of the molecule is CCCn1cnnc1[C@@H]1CNC[C@H]1C. The molecule has 2 atom stereocenters. The van der Waals surface area contributed by atoms with Crippen molar-refractivity contribution in [2.75, 3.05) is 13.1 Å². The zero-order chi connectivity index (χ0) is 9.97. The molecule has 78 valence electrons. The minimum absolute atomic E-state index is 0.545. The van der Waals surface area contributed by atoms with Gasteiger partial charge in [0.25, 0.3) is 0 Å². The van der Waals surface area contributed by atoms with Gasteiger partial charge in [0.1, 0.15) is 12.2 Å². The highest BCUT2D eigenvalue weighted by Crippen LogP contribution is 2.25. The Labute approximate surface area is 84.7 Å². The van der Waals surface area contributed by atoms with Crippen LogP contribution < -0.4 is 5.32 Å². The lowest BCUT2D eigenvalue weighted by Gasteiger charge is -2.14. The molecule has 1 N–H and O–H groups in total. The van der Waals surface area contributed by atoms with Crippen LogP contribution in [-0.2, 0) is 6.54 Å². The fourth-order valence-electron chi connectivity index (χ4n) is 2.12. The molecule has 0 saturated carbocycles. The second-order valence-electron chi connectivity index (χ2n) is 4.12. The third-order valence-corrected chi connectivity index (χ3v) is 2.96. The highest BCUT2D eigenvalue weighted by atomic mass is 15.3. The number of nitrogens with one attached hydrogen (secondary N) is 1. The Morgan fingerprint density at radius 2 is 2.43 bits per heavy atom. The van der Waals surface area contributed by atoms with Crippen LogP contribution in [0.15, 0.2) is 6.33 Å². The van der Waals surface area contributed by atoms with Crippen molar-refractivity contribution in [3.05, 3.63) is 12.2 Å². The zero-order valence-corrected chi connectivity index (χ0v) is 8.90. The molecule has 1 aromatic heterocycles. The van der Waals surface area contributed by atoms with Crippen molar-refractivity contribution in [3.63, 3.8) is 0 Å². The van der Waals surface area contributed by atoms with Gasteiger partial charge >= 0.3 is 0 Å². The standard InChI is InChI=1S/C10H18N4/c1-3-4-14-7-12-13-10(14)9-6-11-5-8(9)2/h7-9,11H,3-6H2,1-2H3/t8-,9-/m1/s1. The van der Waals surface area contributed by atoms with Gasteiger partial charge in [-0.05, 0) is 18.9 Å². The Hall–Kier alpha value is -0.900. The van der Waals surface area contributed by atoms with Crippen LogP contribution in [0.25, 0.3) is 0 Å². The van der Waals surface area contributed by atoms with E-state index in [1.54, 1.807) is 0 Å². The molecule has 0 spiro atoms. The van der Waals surface area contributed by atoms with E-state index in [2.05, 4.69) is 33.9 Å². The quantitative estimate of drug-likeness (QED) is 0.781. The van der Waals surface area contributed by atoms with Crippen molar-refractivity contribution in [2.24, 2.45) is 5.92 Å². The smallest absolute Gasteiger partial charge is 0.137 e. The second-order valence-corrected chi connectivity index (χ2v) is 4.12. The van der Waals surface area contributed by atoms with Crippen LogP contribution in [-0.4, -0.2) is 27.9 Å². The summed E-state index contributed by atoms with van der Waals surface area (Å²) < 4.78 is 2.19. The van der Waals surface area contributed by atoms with Crippen molar-refractivity contribution in [1.29, 1.82) is 0 Å². The number of aryl methyl sites for hydroxylation is 1. The highest BCUT2D eigenvalue weighted by molar-refractivity contribution is 5.03. The monoisotopic (exact) mass is 194 g/mol. The van der Waals surface area contributed by atoms with E-state index in [0.29, 0.717) is 11.8 Å². The largest absolute Gasteiger partial charge is 0.317 e. The molecular formula is C10H18N4. The summed E-state index contributed by atoms with van der Waals surface area (Å²) in [6.45, 7) is 7.63. The van der Waals surface area contributed by atoms with Gasteiger partial charge in [-0.1, -0.05) is 13.8 Å². The Balaban J connectivity index is 2.17. The van der Waals surface area contributed by atoms with Crippen molar-refractivity contribution >= 4 is 0 Å². The topological polar surface area (TPSA) is 42.7 Å². The lowest BCUT2D eigenvalue weighted by molar-refractivity contribution is 0.508. The molecule has 0 aliphatic carbocycles. The summed E-state index contributed by atoms with van der Waals surface area (Å²) in [5, 5.41) is 11.6. The summed E-state index contributed by atoms with van der Waals surface area (Å²) in [7, 11) is 0. The van der Waals surface area contributed by atoms with E-state index >= 15 is 0 Å². The van der Waals surface area contributed by atoms with Crippen molar-refractivity contribution in [1.82, 2.24) is 20.1 Å².